The average Bonchev–Trinajstić information content (AvgIpc) is 2.90. The maximum Gasteiger partial charge on any atom is 0.335 e. The molecule has 21 heavy (non-hydrogen) atoms. The predicted molar refractivity (Wildman–Crippen MR) is 82.3 cm³/mol. The second-order valence-corrected chi connectivity index (χ2v) is 5.44. The number of carbonyl (C=O) groups is 1. The molecule has 3 rings (SSSR count). The molecule has 1 aromatic heterocycles. The standard InChI is InChI=1S/C16H11NO3S/c18-15-10-14(11-4-2-1-3-5-11)21-17(15)13-8-6-12(7-9-13)16(19)20/h1-10H,(H,19,20). The summed E-state index contributed by atoms with van der Waals surface area (Å²) in [6, 6.07) is 17.5. The Balaban J connectivity index is 2.02. The van der Waals surface area contributed by atoms with Gasteiger partial charge in [0, 0.05) is 6.07 Å². The third-order valence-electron chi connectivity index (χ3n) is 3.05. The van der Waals surface area contributed by atoms with Gasteiger partial charge in [-0.1, -0.05) is 41.9 Å². The summed E-state index contributed by atoms with van der Waals surface area (Å²) in [4.78, 5) is 23.8. The molecule has 0 radical (unpaired) electrons. The Morgan fingerprint density at radius 1 is 1.00 bits per heavy atom. The largest absolute Gasteiger partial charge is 0.478 e. The summed E-state index contributed by atoms with van der Waals surface area (Å²) in [6.07, 6.45) is 0. The van der Waals surface area contributed by atoms with E-state index in [4.69, 9.17) is 5.11 Å². The van der Waals surface area contributed by atoms with E-state index in [0.29, 0.717) is 5.69 Å². The summed E-state index contributed by atoms with van der Waals surface area (Å²) in [6.45, 7) is 0. The summed E-state index contributed by atoms with van der Waals surface area (Å²) >= 11 is 1.34. The summed E-state index contributed by atoms with van der Waals surface area (Å²) in [5, 5.41) is 8.89. The van der Waals surface area contributed by atoms with E-state index >= 15 is 0 Å². The molecule has 0 aliphatic carbocycles. The fraction of sp³-hybridized carbons (Fsp3) is 0. The fourth-order valence-electron chi connectivity index (χ4n) is 2.00. The Labute approximate surface area is 124 Å². The van der Waals surface area contributed by atoms with Gasteiger partial charge in [0.1, 0.15) is 0 Å². The molecule has 1 heterocycles. The molecule has 0 aliphatic rings. The van der Waals surface area contributed by atoms with Crippen LogP contribution in [0.1, 0.15) is 10.4 Å². The van der Waals surface area contributed by atoms with Crippen LogP contribution in [0.4, 0.5) is 0 Å². The third kappa shape index (κ3) is 2.64. The maximum absolute atomic E-state index is 12.1. The van der Waals surface area contributed by atoms with Crippen molar-refractivity contribution in [2.24, 2.45) is 0 Å². The van der Waals surface area contributed by atoms with Crippen LogP contribution >= 0.6 is 11.5 Å². The number of nitrogens with zero attached hydrogens (tertiary/aromatic N) is 1. The number of aromatic carboxylic acids is 1. The molecule has 0 spiro atoms. The van der Waals surface area contributed by atoms with Crippen molar-refractivity contribution >= 4 is 17.5 Å². The van der Waals surface area contributed by atoms with Gasteiger partial charge in [-0.3, -0.25) is 4.79 Å². The lowest BCUT2D eigenvalue weighted by atomic mass is 10.2. The molecular weight excluding hydrogens is 286 g/mol. The first kappa shape index (κ1) is 13.3. The lowest BCUT2D eigenvalue weighted by Crippen LogP contribution is -2.09. The van der Waals surface area contributed by atoms with E-state index in [2.05, 4.69) is 0 Å². The predicted octanol–water partition coefficient (Wildman–Crippen LogP) is 3.26. The Morgan fingerprint density at radius 2 is 1.67 bits per heavy atom. The molecule has 0 amide bonds. The highest BCUT2D eigenvalue weighted by molar-refractivity contribution is 7.10. The summed E-state index contributed by atoms with van der Waals surface area (Å²) in [7, 11) is 0. The lowest BCUT2D eigenvalue weighted by Gasteiger charge is -2.01. The van der Waals surface area contributed by atoms with Gasteiger partial charge >= 0.3 is 5.97 Å². The first-order valence-corrected chi connectivity index (χ1v) is 7.05. The second-order valence-electron chi connectivity index (χ2n) is 4.45. The molecule has 0 atom stereocenters. The Kier molecular flexibility index (Phi) is 3.41. The van der Waals surface area contributed by atoms with E-state index in [-0.39, 0.29) is 11.1 Å². The van der Waals surface area contributed by atoms with Crippen molar-refractivity contribution in [2.75, 3.05) is 0 Å². The minimum Gasteiger partial charge on any atom is -0.478 e. The van der Waals surface area contributed by atoms with Crippen molar-refractivity contribution in [2.45, 2.75) is 0 Å². The maximum atomic E-state index is 12.1. The Morgan fingerprint density at radius 3 is 2.29 bits per heavy atom. The molecule has 104 valence electrons. The van der Waals surface area contributed by atoms with E-state index in [0.717, 1.165) is 10.4 Å². The topological polar surface area (TPSA) is 59.3 Å². The van der Waals surface area contributed by atoms with Crippen LogP contribution in [0.3, 0.4) is 0 Å². The van der Waals surface area contributed by atoms with Gasteiger partial charge in [-0.2, -0.15) is 0 Å². The molecule has 0 aliphatic heterocycles. The molecule has 0 fully saturated rings. The van der Waals surface area contributed by atoms with Crippen LogP contribution in [0.5, 0.6) is 0 Å². The number of rotatable bonds is 3. The number of hydrogen-bond donors (Lipinski definition) is 1. The Bertz CT molecular complexity index is 832. The zero-order valence-corrected chi connectivity index (χ0v) is 11.7. The monoisotopic (exact) mass is 297 g/mol. The van der Waals surface area contributed by atoms with Crippen LogP contribution in [0.25, 0.3) is 16.1 Å². The summed E-state index contributed by atoms with van der Waals surface area (Å²) < 4.78 is 1.55. The lowest BCUT2D eigenvalue weighted by molar-refractivity contribution is 0.0697. The highest BCUT2D eigenvalue weighted by atomic mass is 32.1. The van der Waals surface area contributed by atoms with Gasteiger partial charge in [-0.15, -0.1) is 0 Å². The van der Waals surface area contributed by atoms with Gasteiger partial charge in [0.05, 0.1) is 16.1 Å². The van der Waals surface area contributed by atoms with Crippen LogP contribution in [0, 0.1) is 0 Å². The third-order valence-corrected chi connectivity index (χ3v) is 4.18. The zero-order valence-electron chi connectivity index (χ0n) is 10.9. The van der Waals surface area contributed by atoms with Gasteiger partial charge in [0.25, 0.3) is 5.56 Å². The second kappa shape index (κ2) is 5.38. The minimum atomic E-state index is -0.981. The van der Waals surface area contributed by atoms with Gasteiger partial charge in [-0.05, 0) is 29.8 Å². The van der Waals surface area contributed by atoms with E-state index in [1.54, 1.807) is 22.2 Å². The molecule has 0 unspecified atom stereocenters. The van der Waals surface area contributed by atoms with Gasteiger partial charge in [0.2, 0.25) is 0 Å². The Hall–Kier alpha value is -2.66. The molecule has 0 saturated heterocycles. The fourth-order valence-corrected chi connectivity index (χ4v) is 2.96. The molecular formula is C16H11NO3S. The van der Waals surface area contributed by atoms with E-state index in [1.807, 2.05) is 30.3 Å². The molecule has 0 bridgehead atoms. The van der Waals surface area contributed by atoms with Crippen molar-refractivity contribution in [1.82, 2.24) is 3.96 Å². The van der Waals surface area contributed by atoms with Crippen molar-refractivity contribution in [1.29, 1.82) is 0 Å². The van der Waals surface area contributed by atoms with Crippen LogP contribution in [0.2, 0.25) is 0 Å². The van der Waals surface area contributed by atoms with Crippen LogP contribution in [-0.2, 0) is 0 Å². The van der Waals surface area contributed by atoms with Crippen molar-refractivity contribution in [3.05, 3.63) is 76.6 Å². The van der Waals surface area contributed by atoms with Crippen molar-refractivity contribution in [3.8, 4) is 16.1 Å². The minimum absolute atomic E-state index is 0.123. The molecule has 3 aromatic rings. The highest BCUT2D eigenvalue weighted by Gasteiger charge is 2.09. The number of hydrogen-bond acceptors (Lipinski definition) is 3. The van der Waals surface area contributed by atoms with Crippen molar-refractivity contribution in [3.63, 3.8) is 0 Å². The van der Waals surface area contributed by atoms with Crippen LogP contribution in [-0.4, -0.2) is 15.0 Å². The van der Waals surface area contributed by atoms with Crippen molar-refractivity contribution < 1.29 is 9.90 Å². The van der Waals surface area contributed by atoms with Gasteiger partial charge in [0.15, 0.2) is 0 Å². The van der Waals surface area contributed by atoms with E-state index < -0.39 is 5.97 Å². The SMILES string of the molecule is O=C(O)c1ccc(-n2sc(-c3ccccc3)cc2=O)cc1. The highest BCUT2D eigenvalue weighted by Crippen LogP contribution is 2.24. The molecule has 5 heteroatoms. The number of carboxylic acid groups (broad SMARTS) is 1. The number of aromatic nitrogens is 1. The number of carboxylic acids is 1. The quantitative estimate of drug-likeness (QED) is 0.807. The zero-order chi connectivity index (χ0) is 14.8. The van der Waals surface area contributed by atoms with E-state index in [9.17, 15) is 9.59 Å². The summed E-state index contributed by atoms with van der Waals surface area (Å²) in [5.41, 5.74) is 1.73. The average molecular weight is 297 g/mol. The normalized spacial score (nSPS) is 10.5. The first-order valence-electron chi connectivity index (χ1n) is 6.28. The molecule has 2 aromatic carbocycles. The number of benzene rings is 2. The molecule has 4 nitrogen and oxygen atoms in total. The van der Waals surface area contributed by atoms with Crippen LogP contribution < -0.4 is 5.56 Å². The summed E-state index contributed by atoms with van der Waals surface area (Å²) in [5.74, 6) is -0.981. The van der Waals surface area contributed by atoms with E-state index in [1.165, 1.54) is 23.7 Å². The van der Waals surface area contributed by atoms with Gasteiger partial charge < -0.3 is 5.11 Å². The van der Waals surface area contributed by atoms with Gasteiger partial charge in [-0.25, -0.2) is 8.75 Å². The first-order chi connectivity index (χ1) is 10.1. The molecule has 0 saturated carbocycles. The smallest absolute Gasteiger partial charge is 0.335 e. The van der Waals surface area contributed by atoms with Crippen LogP contribution in [0.15, 0.2) is 65.5 Å². The molecule has 1 N–H and O–H groups in total.